The van der Waals surface area contributed by atoms with Crippen LogP contribution in [0.3, 0.4) is 0 Å². The average molecular weight is 246 g/mol. The minimum atomic E-state index is -0.00462. The molecule has 1 amide bonds. The number of benzene rings is 1. The zero-order valence-electron chi connectivity index (χ0n) is 10.9. The number of carbonyl (C=O) groups excluding carboxylic acids is 1. The monoisotopic (exact) mass is 246 g/mol. The fraction of sp³-hybridized carbons (Fsp3) is 0.357. The summed E-state index contributed by atoms with van der Waals surface area (Å²) in [5.41, 5.74) is 1.04. The van der Waals surface area contributed by atoms with Crippen molar-refractivity contribution in [3.63, 3.8) is 0 Å². The Labute approximate surface area is 107 Å². The van der Waals surface area contributed by atoms with Gasteiger partial charge in [0.1, 0.15) is 12.3 Å². The van der Waals surface area contributed by atoms with E-state index < -0.39 is 0 Å². The fourth-order valence-electron chi connectivity index (χ4n) is 1.90. The number of fused-ring (bicyclic) bond motifs is 1. The van der Waals surface area contributed by atoms with Crippen molar-refractivity contribution in [2.75, 3.05) is 7.05 Å². The van der Waals surface area contributed by atoms with Crippen LogP contribution in [0.4, 0.5) is 0 Å². The smallest absolute Gasteiger partial charge is 0.239 e. The van der Waals surface area contributed by atoms with Crippen LogP contribution in [0.25, 0.3) is 10.9 Å². The highest BCUT2D eigenvalue weighted by atomic mass is 16.5. The van der Waals surface area contributed by atoms with Crippen LogP contribution < -0.4 is 10.1 Å². The van der Waals surface area contributed by atoms with Crippen molar-refractivity contribution >= 4 is 16.8 Å². The Morgan fingerprint density at radius 3 is 2.83 bits per heavy atom. The van der Waals surface area contributed by atoms with Gasteiger partial charge in [-0.1, -0.05) is 0 Å². The van der Waals surface area contributed by atoms with E-state index in [1.165, 1.54) is 0 Å². The number of hydrogen-bond acceptors (Lipinski definition) is 2. The molecule has 0 aliphatic carbocycles. The molecule has 2 aromatic rings. The highest BCUT2D eigenvalue weighted by Crippen LogP contribution is 2.22. The lowest BCUT2D eigenvalue weighted by Crippen LogP contribution is -2.22. The number of rotatable bonds is 4. The molecule has 1 aromatic heterocycles. The molecule has 0 saturated heterocycles. The Morgan fingerprint density at radius 2 is 2.17 bits per heavy atom. The molecule has 0 unspecified atom stereocenters. The zero-order valence-corrected chi connectivity index (χ0v) is 10.9. The van der Waals surface area contributed by atoms with Crippen LogP contribution >= 0.6 is 0 Å². The summed E-state index contributed by atoms with van der Waals surface area (Å²) in [5, 5.41) is 3.70. The molecule has 1 heterocycles. The van der Waals surface area contributed by atoms with Gasteiger partial charge in [-0.25, -0.2) is 0 Å². The molecule has 0 aliphatic heterocycles. The van der Waals surface area contributed by atoms with Crippen LogP contribution in [0.2, 0.25) is 0 Å². The van der Waals surface area contributed by atoms with Gasteiger partial charge in [-0.05, 0) is 38.1 Å². The van der Waals surface area contributed by atoms with E-state index in [1.54, 1.807) is 7.05 Å². The first-order valence-corrected chi connectivity index (χ1v) is 6.06. The summed E-state index contributed by atoms with van der Waals surface area (Å²) in [6, 6.07) is 7.90. The lowest BCUT2D eigenvalue weighted by molar-refractivity contribution is -0.121. The van der Waals surface area contributed by atoms with Crippen molar-refractivity contribution in [2.45, 2.75) is 26.5 Å². The van der Waals surface area contributed by atoms with Crippen molar-refractivity contribution in [3.8, 4) is 5.75 Å². The van der Waals surface area contributed by atoms with E-state index in [2.05, 4.69) is 5.32 Å². The predicted octanol–water partition coefficient (Wildman–Crippen LogP) is 2.17. The minimum absolute atomic E-state index is 0.00462. The number of aromatic nitrogens is 1. The molecule has 4 nitrogen and oxygen atoms in total. The van der Waals surface area contributed by atoms with E-state index in [-0.39, 0.29) is 12.0 Å². The molecule has 2 rings (SSSR count). The van der Waals surface area contributed by atoms with Crippen molar-refractivity contribution in [1.29, 1.82) is 0 Å². The number of hydrogen-bond donors (Lipinski definition) is 1. The average Bonchev–Trinajstić information content (AvgIpc) is 2.71. The van der Waals surface area contributed by atoms with Crippen LogP contribution in [0, 0.1) is 0 Å². The summed E-state index contributed by atoms with van der Waals surface area (Å²) >= 11 is 0. The number of nitrogens with one attached hydrogen (secondary N) is 1. The van der Waals surface area contributed by atoms with Gasteiger partial charge in [0.15, 0.2) is 0 Å². The molecule has 0 aliphatic rings. The molecule has 0 radical (unpaired) electrons. The Bertz CT molecular complexity index is 558. The number of nitrogens with zero attached hydrogens (tertiary/aromatic N) is 1. The fourth-order valence-corrected chi connectivity index (χ4v) is 1.90. The molecule has 4 heteroatoms. The number of ether oxygens (including phenoxy) is 1. The van der Waals surface area contributed by atoms with Crippen molar-refractivity contribution in [1.82, 2.24) is 9.88 Å². The summed E-state index contributed by atoms with van der Waals surface area (Å²) in [5.74, 6) is 0.852. The van der Waals surface area contributed by atoms with Crippen molar-refractivity contribution in [3.05, 3.63) is 30.5 Å². The second-order valence-electron chi connectivity index (χ2n) is 4.50. The largest absolute Gasteiger partial charge is 0.491 e. The van der Waals surface area contributed by atoms with Crippen molar-refractivity contribution < 1.29 is 9.53 Å². The third kappa shape index (κ3) is 2.64. The molecule has 0 saturated carbocycles. The van der Waals surface area contributed by atoms with E-state index >= 15 is 0 Å². The molecule has 1 aromatic carbocycles. The summed E-state index contributed by atoms with van der Waals surface area (Å²) in [6.45, 7) is 4.34. The standard InChI is InChI=1S/C14H18N2O2/c1-10(2)18-12-4-5-13-11(8-12)6-7-16(13)9-14(17)15-3/h4-8,10H,9H2,1-3H3,(H,15,17). The van der Waals surface area contributed by atoms with Crippen LogP contribution in [0.15, 0.2) is 30.5 Å². The summed E-state index contributed by atoms with van der Waals surface area (Å²) < 4.78 is 7.57. The first-order valence-electron chi connectivity index (χ1n) is 6.06. The first kappa shape index (κ1) is 12.5. The van der Waals surface area contributed by atoms with Gasteiger partial charge in [0.25, 0.3) is 0 Å². The van der Waals surface area contributed by atoms with E-state index in [4.69, 9.17) is 4.74 Å². The number of amides is 1. The van der Waals surface area contributed by atoms with E-state index in [1.807, 2.05) is 48.9 Å². The van der Waals surface area contributed by atoms with Crippen LogP contribution in [0.5, 0.6) is 5.75 Å². The van der Waals surface area contributed by atoms with E-state index in [0.717, 1.165) is 16.7 Å². The highest BCUT2D eigenvalue weighted by molar-refractivity contribution is 5.84. The second kappa shape index (κ2) is 5.12. The zero-order chi connectivity index (χ0) is 13.1. The van der Waals surface area contributed by atoms with E-state index in [0.29, 0.717) is 6.54 Å². The molecule has 0 bridgehead atoms. The molecular weight excluding hydrogens is 228 g/mol. The molecular formula is C14H18N2O2. The van der Waals surface area contributed by atoms with Crippen LogP contribution in [0.1, 0.15) is 13.8 Å². The Kier molecular flexibility index (Phi) is 3.55. The lowest BCUT2D eigenvalue weighted by Gasteiger charge is -2.10. The summed E-state index contributed by atoms with van der Waals surface area (Å²) in [6.07, 6.45) is 2.08. The minimum Gasteiger partial charge on any atom is -0.491 e. The molecule has 1 N–H and O–H groups in total. The highest BCUT2D eigenvalue weighted by Gasteiger charge is 2.06. The Hall–Kier alpha value is -1.97. The third-order valence-corrected chi connectivity index (χ3v) is 2.71. The summed E-state index contributed by atoms with van der Waals surface area (Å²) in [4.78, 5) is 11.4. The molecule has 96 valence electrons. The first-order chi connectivity index (χ1) is 8.60. The van der Waals surface area contributed by atoms with Gasteiger partial charge < -0.3 is 14.6 Å². The molecule has 0 spiro atoms. The lowest BCUT2D eigenvalue weighted by atomic mass is 10.2. The number of likely N-dealkylation sites (N-methyl/N-ethyl adjacent to an activating group) is 1. The van der Waals surface area contributed by atoms with Gasteiger partial charge in [0.05, 0.1) is 6.10 Å². The van der Waals surface area contributed by atoms with Crippen LogP contribution in [-0.2, 0) is 11.3 Å². The quantitative estimate of drug-likeness (QED) is 0.898. The van der Waals surface area contributed by atoms with E-state index in [9.17, 15) is 4.79 Å². The maximum Gasteiger partial charge on any atom is 0.239 e. The predicted molar refractivity (Wildman–Crippen MR) is 71.8 cm³/mol. The SMILES string of the molecule is CNC(=O)Cn1ccc2cc(OC(C)C)ccc21. The normalized spacial score (nSPS) is 10.9. The second-order valence-corrected chi connectivity index (χ2v) is 4.50. The van der Waals surface area contributed by atoms with Crippen LogP contribution in [-0.4, -0.2) is 23.6 Å². The van der Waals surface area contributed by atoms with Gasteiger partial charge >= 0.3 is 0 Å². The van der Waals surface area contributed by atoms with Crippen molar-refractivity contribution in [2.24, 2.45) is 0 Å². The van der Waals surface area contributed by atoms with Gasteiger partial charge in [-0.2, -0.15) is 0 Å². The van der Waals surface area contributed by atoms with Gasteiger partial charge in [0.2, 0.25) is 5.91 Å². The Balaban J connectivity index is 2.28. The van der Waals surface area contributed by atoms with Gasteiger partial charge in [-0.15, -0.1) is 0 Å². The number of carbonyl (C=O) groups is 1. The molecule has 0 atom stereocenters. The third-order valence-electron chi connectivity index (χ3n) is 2.71. The maximum atomic E-state index is 11.4. The maximum absolute atomic E-state index is 11.4. The molecule has 0 fully saturated rings. The topological polar surface area (TPSA) is 43.3 Å². The Morgan fingerprint density at radius 1 is 1.39 bits per heavy atom. The van der Waals surface area contributed by atoms with Gasteiger partial charge in [0, 0.05) is 24.1 Å². The molecule has 18 heavy (non-hydrogen) atoms. The summed E-state index contributed by atoms with van der Waals surface area (Å²) in [7, 11) is 1.64. The van der Waals surface area contributed by atoms with Gasteiger partial charge in [-0.3, -0.25) is 4.79 Å².